The number of hydrogen-bond donors (Lipinski definition) is 2. The number of nitrogens with one attached hydrogen (secondary N) is 2. The lowest BCUT2D eigenvalue weighted by Gasteiger charge is -2.31. The zero-order chi connectivity index (χ0) is 13.7. The molecule has 1 aliphatic carbocycles. The van der Waals surface area contributed by atoms with Crippen LogP contribution in [0.4, 0.5) is 5.82 Å². The second-order valence-corrected chi connectivity index (χ2v) is 5.09. The third-order valence-corrected chi connectivity index (χ3v) is 3.90. The van der Waals surface area contributed by atoms with Gasteiger partial charge in [0.25, 0.3) is 5.91 Å². The van der Waals surface area contributed by atoms with Gasteiger partial charge < -0.3 is 10.6 Å². The van der Waals surface area contributed by atoms with Gasteiger partial charge in [-0.25, -0.2) is 0 Å². The maximum atomic E-state index is 12.1. The van der Waals surface area contributed by atoms with Gasteiger partial charge in [-0.3, -0.25) is 4.79 Å². The van der Waals surface area contributed by atoms with Crippen molar-refractivity contribution in [1.82, 2.24) is 15.5 Å². The Labute approximate surface area is 114 Å². The summed E-state index contributed by atoms with van der Waals surface area (Å²) >= 11 is 0. The summed E-state index contributed by atoms with van der Waals surface area (Å²) in [5.74, 6) is 1.16. The summed E-state index contributed by atoms with van der Waals surface area (Å²) < 4.78 is 0. The highest BCUT2D eigenvalue weighted by molar-refractivity contribution is 5.92. The molecule has 1 saturated carbocycles. The summed E-state index contributed by atoms with van der Waals surface area (Å²) in [6, 6.07) is 3.76. The highest BCUT2D eigenvalue weighted by Crippen LogP contribution is 2.26. The molecule has 1 amide bonds. The van der Waals surface area contributed by atoms with Gasteiger partial charge in [-0.1, -0.05) is 26.2 Å². The number of amides is 1. The fraction of sp³-hybridized carbons (Fsp3) is 0.643. The van der Waals surface area contributed by atoms with Crippen LogP contribution < -0.4 is 10.6 Å². The number of nitrogens with zero attached hydrogens (tertiary/aromatic N) is 2. The molecule has 2 unspecified atom stereocenters. The van der Waals surface area contributed by atoms with Crippen LogP contribution in [0.15, 0.2) is 12.1 Å². The highest BCUT2D eigenvalue weighted by atomic mass is 16.2. The Kier molecular flexibility index (Phi) is 4.71. The normalized spacial score (nSPS) is 22.8. The molecule has 0 aromatic carbocycles. The molecule has 5 nitrogen and oxygen atoms in total. The van der Waals surface area contributed by atoms with Crippen LogP contribution in [0.1, 0.15) is 49.5 Å². The molecule has 0 spiro atoms. The summed E-state index contributed by atoms with van der Waals surface area (Å²) in [5, 5.41) is 13.9. The van der Waals surface area contributed by atoms with Gasteiger partial charge in [0, 0.05) is 13.1 Å². The van der Waals surface area contributed by atoms with Crippen LogP contribution in [0.25, 0.3) is 0 Å². The maximum absolute atomic E-state index is 12.1. The summed E-state index contributed by atoms with van der Waals surface area (Å²) in [6.45, 7) is 2.19. The minimum absolute atomic E-state index is 0.111. The lowest BCUT2D eigenvalue weighted by atomic mass is 9.83. The first-order valence-electron chi connectivity index (χ1n) is 7.07. The van der Waals surface area contributed by atoms with Crippen molar-refractivity contribution >= 4 is 11.7 Å². The average molecular weight is 262 g/mol. The minimum atomic E-state index is -0.111. The molecule has 2 atom stereocenters. The molecule has 0 radical (unpaired) electrons. The van der Waals surface area contributed by atoms with E-state index in [1.807, 2.05) is 0 Å². The van der Waals surface area contributed by atoms with Crippen molar-refractivity contribution in [3.05, 3.63) is 17.8 Å². The van der Waals surface area contributed by atoms with Gasteiger partial charge in [-0.2, -0.15) is 0 Å². The van der Waals surface area contributed by atoms with Crippen molar-refractivity contribution in [2.45, 2.75) is 45.1 Å². The second kappa shape index (κ2) is 6.50. The Bertz CT molecular complexity index is 418. The zero-order valence-electron chi connectivity index (χ0n) is 11.6. The number of carbonyl (C=O) groups excluding carboxylic acids is 1. The van der Waals surface area contributed by atoms with E-state index in [4.69, 9.17) is 0 Å². The lowest BCUT2D eigenvalue weighted by molar-refractivity contribution is 0.0898. The molecule has 2 N–H and O–H groups in total. The molecule has 104 valence electrons. The molecule has 5 heteroatoms. The molecular formula is C14H22N4O. The van der Waals surface area contributed by atoms with E-state index in [-0.39, 0.29) is 11.9 Å². The molecule has 1 aromatic heterocycles. The standard InChI is InChI=1S/C14H22N4O/c1-3-10-6-4-5-7-11(10)16-14(19)12-8-9-13(15-2)18-17-12/h8-11H,3-7H2,1-2H3,(H,15,18)(H,16,19). The molecule has 2 rings (SSSR count). The van der Waals surface area contributed by atoms with E-state index in [1.54, 1.807) is 19.2 Å². The smallest absolute Gasteiger partial charge is 0.272 e. The van der Waals surface area contributed by atoms with Gasteiger partial charge in [0.2, 0.25) is 0 Å². The first-order chi connectivity index (χ1) is 9.24. The van der Waals surface area contributed by atoms with Crippen LogP contribution in [0.2, 0.25) is 0 Å². The number of hydrogen-bond acceptors (Lipinski definition) is 4. The van der Waals surface area contributed by atoms with Crippen LogP contribution in [-0.4, -0.2) is 29.2 Å². The molecule has 0 bridgehead atoms. The van der Waals surface area contributed by atoms with Crippen molar-refractivity contribution in [2.24, 2.45) is 5.92 Å². The van der Waals surface area contributed by atoms with E-state index in [0.717, 1.165) is 12.8 Å². The van der Waals surface area contributed by atoms with Crippen molar-refractivity contribution < 1.29 is 4.79 Å². The number of anilines is 1. The summed E-state index contributed by atoms with van der Waals surface area (Å²) in [6.07, 6.45) is 5.89. The predicted molar refractivity (Wildman–Crippen MR) is 75.1 cm³/mol. The Balaban J connectivity index is 1.98. The molecule has 1 fully saturated rings. The summed E-state index contributed by atoms with van der Waals surface area (Å²) in [4.78, 5) is 12.1. The molecule has 1 aromatic rings. The van der Waals surface area contributed by atoms with E-state index in [1.165, 1.54) is 19.3 Å². The summed E-state index contributed by atoms with van der Waals surface area (Å²) in [7, 11) is 1.78. The number of carbonyl (C=O) groups is 1. The second-order valence-electron chi connectivity index (χ2n) is 5.09. The van der Waals surface area contributed by atoms with E-state index < -0.39 is 0 Å². The molecule has 0 aliphatic heterocycles. The van der Waals surface area contributed by atoms with Crippen molar-refractivity contribution in [2.75, 3.05) is 12.4 Å². The van der Waals surface area contributed by atoms with Gasteiger partial charge in [0.05, 0.1) is 0 Å². The first-order valence-corrected chi connectivity index (χ1v) is 7.07. The third kappa shape index (κ3) is 3.43. The quantitative estimate of drug-likeness (QED) is 0.873. The van der Waals surface area contributed by atoms with Crippen LogP contribution in [0.3, 0.4) is 0 Å². The van der Waals surface area contributed by atoms with Gasteiger partial charge in [0.15, 0.2) is 5.69 Å². The first kappa shape index (κ1) is 13.8. The fourth-order valence-electron chi connectivity index (χ4n) is 2.72. The molecule has 1 aliphatic rings. The van der Waals surface area contributed by atoms with Crippen LogP contribution in [-0.2, 0) is 0 Å². The Morgan fingerprint density at radius 2 is 2.11 bits per heavy atom. The largest absolute Gasteiger partial charge is 0.372 e. The Morgan fingerprint density at radius 3 is 2.74 bits per heavy atom. The molecular weight excluding hydrogens is 240 g/mol. The fourth-order valence-corrected chi connectivity index (χ4v) is 2.72. The molecule has 1 heterocycles. The van der Waals surface area contributed by atoms with Crippen LogP contribution in [0, 0.1) is 5.92 Å². The van der Waals surface area contributed by atoms with E-state index in [2.05, 4.69) is 27.8 Å². The monoisotopic (exact) mass is 262 g/mol. The van der Waals surface area contributed by atoms with Crippen molar-refractivity contribution in [3.8, 4) is 0 Å². The molecule has 0 saturated heterocycles. The minimum Gasteiger partial charge on any atom is -0.372 e. The van der Waals surface area contributed by atoms with Crippen LogP contribution in [0.5, 0.6) is 0 Å². The number of rotatable bonds is 4. The van der Waals surface area contributed by atoms with Crippen molar-refractivity contribution in [3.63, 3.8) is 0 Å². The third-order valence-electron chi connectivity index (χ3n) is 3.90. The Hall–Kier alpha value is -1.65. The highest BCUT2D eigenvalue weighted by Gasteiger charge is 2.25. The van der Waals surface area contributed by atoms with E-state index in [9.17, 15) is 4.79 Å². The number of aromatic nitrogens is 2. The SMILES string of the molecule is CCC1CCCCC1NC(=O)c1ccc(NC)nn1. The van der Waals surface area contributed by atoms with Crippen molar-refractivity contribution in [1.29, 1.82) is 0 Å². The van der Waals surface area contributed by atoms with Gasteiger partial charge in [0.1, 0.15) is 5.82 Å². The zero-order valence-corrected chi connectivity index (χ0v) is 11.6. The Morgan fingerprint density at radius 1 is 1.32 bits per heavy atom. The van der Waals surface area contributed by atoms with E-state index in [0.29, 0.717) is 17.4 Å². The lowest BCUT2D eigenvalue weighted by Crippen LogP contribution is -2.42. The maximum Gasteiger partial charge on any atom is 0.272 e. The van der Waals surface area contributed by atoms with Gasteiger partial charge in [-0.15, -0.1) is 10.2 Å². The van der Waals surface area contributed by atoms with Gasteiger partial charge >= 0.3 is 0 Å². The average Bonchev–Trinajstić information content (AvgIpc) is 2.48. The molecule has 19 heavy (non-hydrogen) atoms. The summed E-state index contributed by atoms with van der Waals surface area (Å²) in [5.41, 5.74) is 0.388. The van der Waals surface area contributed by atoms with Crippen LogP contribution >= 0.6 is 0 Å². The van der Waals surface area contributed by atoms with Gasteiger partial charge in [-0.05, 0) is 30.9 Å². The predicted octanol–water partition coefficient (Wildman–Crippen LogP) is 2.22. The topological polar surface area (TPSA) is 66.9 Å². The van der Waals surface area contributed by atoms with E-state index >= 15 is 0 Å².